The Morgan fingerprint density at radius 1 is 0.360 bits per heavy atom. The van der Waals surface area contributed by atoms with Crippen molar-refractivity contribution in [2.75, 3.05) is 21.3 Å². The minimum atomic E-state index is 0. The number of nitrogens with one attached hydrogen (secondary N) is 2. The van der Waals surface area contributed by atoms with E-state index < -0.39 is 0 Å². The fourth-order valence-electron chi connectivity index (χ4n) is 9.46. The summed E-state index contributed by atoms with van der Waals surface area (Å²) in [6, 6.07) is 54.6. The molecule has 0 spiro atoms. The van der Waals surface area contributed by atoms with E-state index in [4.69, 9.17) is 36.1 Å². The molecule has 0 aliphatic heterocycles. The molecule has 0 amide bonds. The average Bonchev–Trinajstić information content (AvgIpc) is 4.15. The summed E-state index contributed by atoms with van der Waals surface area (Å²) in [6.45, 7) is 0. The number of nitrogens with zero attached hydrogens (tertiary/aromatic N) is 8. The van der Waals surface area contributed by atoms with Gasteiger partial charge in [-0.25, -0.2) is 9.97 Å². The zero-order valence-electron chi connectivity index (χ0n) is 40.4. The molecule has 14 rings (SSSR count). The zero-order chi connectivity index (χ0) is 52.1. The average molecular weight is 1060 g/mol. The molecule has 16 heteroatoms. The van der Waals surface area contributed by atoms with Crippen molar-refractivity contribution in [3.8, 4) is 22.8 Å². The summed E-state index contributed by atoms with van der Waals surface area (Å²) in [5, 5.41) is 51.6. The number of thiocarbonyl (C=S) groups is 2. The van der Waals surface area contributed by atoms with E-state index in [-0.39, 0.29) is 17.1 Å². The number of isothiocyanates is 2. The maximum atomic E-state index is 7.13. The van der Waals surface area contributed by atoms with Crippen molar-refractivity contribution in [3.05, 3.63) is 193 Å². The number of H-pyrrole nitrogens is 2. The number of rotatable bonds is 2. The van der Waals surface area contributed by atoms with Gasteiger partial charge in [0.1, 0.15) is 11.6 Å². The predicted octanol–water partition coefficient (Wildman–Crippen LogP) is 13.4. The third-order valence-corrected chi connectivity index (χ3v) is 12.2. The monoisotopic (exact) mass is 1060 g/mol. The Balaban J connectivity index is 0.000000180. The van der Waals surface area contributed by atoms with Crippen molar-refractivity contribution in [1.82, 2.24) is 39.9 Å². The van der Waals surface area contributed by atoms with Crippen LogP contribution in [0, 0.1) is 0 Å². The molecule has 75 heavy (non-hydrogen) atoms. The maximum Gasteiger partial charge on any atom is 2.00 e. The molecular weight excluding hydrogens is 1020 g/mol. The fraction of sp³-hybridized carbons (Fsp3) is 0.0508. The molecule has 0 unspecified atom stereocenters. The van der Waals surface area contributed by atoms with Gasteiger partial charge in [0.05, 0.1) is 44.1 Å². The molecule has 13 nitrogen and oxygen atoms in total. The number of hydrogen-bond donors (Lipinski definition) is 5. The molecular formula is C59H44FeN10O3S2. The summed E-state index contributed by atoms with van der Waals surface area (Å²) < 4.78 is 0. The van der Waals surface area contributed by atoms with Gasteiger partial charge in [-0.15, -0.1) is 0 Å². The van der Waals surface area contributed by atoms with Crippen molar-refractivity contribution in [3.63, 3.8) is 0 Å². The Bertz CT molecular complexity index is 3850. The normalized spacial score (nSPS) is 10.3. The molecule has 14 aromatic rings. The number of aliphatic hydroxyl groups excluding tert-OH is 3. The largest absolute Gasteiger partial charge is 2.00 e. The first-order chi connectivity index (χ1) is 36.6. The van der Waals surface area contributed by atoms with Crippen molar-refractivity contribution >= 4 is 144 Å². The first-order valence-electron chi connectivity index (χ1n) is 22.8. The van der Waals surface area contributed by atoms with Gasteiger partial charge >= 0.3 is 17.1 Å². The van der Waals surface area contributed by atoms with E-state index in [0.29, 0.717) is 0 Å². The quantitative estimate of drug-likeness (QED) is 0.0361. The van der Waals surface area contributed by atoms with E-state index >= 15 is 0 Å². The first kappa shape index (κ1) is 54.2. The number of imidazole rings is 2. The van der Waals surface area contributed by atoms with Crippen LogP contribution in [0.2, 0.25) is 0 Å². The van der Waals surface area contributed by atoms with Gasteiger partial charge in [0.25, 0.3) is 0 Å². The molecule has 8 aromatic carbocycles. The van der Waals surface area contributed by atoms with E-state index in [1.807, 2.05) is 49.1 Å². The molecule has 0 saturated heterocycles. The topological polar surface area (TPSA) is 214 Å². The second kappa shape index (κ2) is 25.4. The van der Waals surface area contributed by atoms with Gasteiger partial charge in [-0.2, -0.15) is 10.3 Å². The van der Waals surface area contributed by atoms with Crippen LogP contribution in [0.15, 0.2) is 183 Å². The molecule has 5 N–H and O–H groups in total. The van der Waals surface area contributed by atoms with Gasteiger partial charge in [-0.3, -0.25) is 19.9 Å². The SMILES string of the molecule is CO.CO.CO.[Fe+2].[N-]=C=S.[N-]=C=S.c1ccc2c(-c3nc4c5cccnc5c5ncccc5c4[nH]3)c3ccccc3cc2c1.c1ccc2c(-c3nc4c5cccnc5c5ncccc5c4[nH]3)c3ccccc3cc2c1. The Kier molecular flexibility index (Phi) is 18.3. The minimum absolute atomic E-state index is 0. The maximum absolute atomic E-state index is 7.13. The smallest absolute Gasteiger partial charge is 0.753 e. The summed E-state index contributed by atoms with van der Waals surface area (Å²) in [6.07, 6.45) is 7.26. The van der Waals surface area contributed by atoms with Crippen LogP contribution in [0.25, 0.3) is 142 Å². The molecule has 0 saturated carbocycles. The summed E-state index contributed by atoms with van der Waals surface area (Å²) in [4.78, 5) is 36.1. The molecule has 6 aromatic heterocycles. The molecule has 0 radical (unpaired) electrons. The Morgan fingerprint density at radius 2 is 0.600 bits per heavy atom. The van der Waals surface area contributed by atoms with Crippen molar-refractivity contribution < 1.29 is 32.4 Å². The van der Waals surface area contributed by atoms with Crippen LogP contribution in [0.5, 0.6) is 0 Å². The van der Waals surface area contributed by atoms with Gasteiger partial charge in [0.2, 0.25) is 0 Å². The van der Waals surface area contributed by atoms with E-state index in [9.17, 15) is 0 Å². The van der Waals surface area contributed by atoms with Crippen LogP contribution < -0.4 is 0 Å². The second-order valence-corrected chi connectivity index (χ2v) is 16.2. The fourth-order valence-corrected chi connectivity index (χ4v) is 9.46. The Morgan fingerprint density at radius 3 is 0.893 bits per heavy atom. The van der Waals surface area contributed by atoms with Gasteiger partial charge in [0.15, 0.2) is 0 Å². The van der Waals surface area contributed by atoms with Crippen LogP contribution >= 0.6 is 24.4 Å². The van der Waals surface area contributed by atoms with Crippen LogP contribution in [0.3, 0.4) is 0 Å². The Hall–Kier alpha value is -8.62. The van der Waals surface area contributed by atoms with Crippen molar-refractivity contribution in [1.29, 1.82) is 0 Å². The summed E-state index contributed by atoms with van der Waals surface area (Å²) in [5.41, 5.74) is 9.64. The number of fused-ring (bicyclic) bond motifs is 16. The molecule has 0 aliphatic carbocycles. The molecule has 0 atom stereocenters. The molecule has 6 heterocycles. The van der Waals surface area contributed by atoms with Crippen LogP contribution in [-0.2, 0) is 17.1 Å². The number of benzene rings is 8. The zero-order valence-corrected chi connectivity index (χ0v) is 43.1. The number of aliphatic hydroxyl groups is 3. The third kappa shape index (κ3) is 10.3. The number of pyridine rings is 4. The van der Waals surface area contributed by atoms with Crippen molar-refractivity contribution in [2.24, 2.45) is 0 Å². The molecule has 0 aliphatic rings. The standard InChI is InChI=1S/2C27H16N4.2CNS.3CH4O.Fe/c2*1-3-9-18-16(7-1)15-17-8-2-4-10-19(17)22(18)27-30-25-20-11-5-13-28-23(20)24-21(26(25)31-27)12-6-14-29-24;2*2-1-3;3*1-2;/h2*1-15H,(H,30,31);;;3*2H,1H3;/q;;2*-1;;;;+2. The number of hydrogen-bond acceptors (Lipinski definition) is 11. The van der Waals surface area contributed by atoms with Gasteiger partial charge in [0, 0.05) is 78.8 Å². The second-order valence-electron chi connectivity index (χ2n) is 15.8. The van der Waals surface area contributed by atoms with Crippen molar-refractivity contribution in [2.45, 2.75) is 0 Å². The summed E-state index contributed by atoms with van der Waals surface area (Å²) >= 11 is 7.40. The Labute approximate surface area is 450 Å². The van der Waals surface area contributed by atoms with Crippen LogP contribution in [0.4, 0.5) is 0 Å². The van der Waals surface area contributed by atoms with Gasteiger partial charge in [-0.05, 0) is 104 Å². The van der Waals surface area contributed by atoms with Gasteiger partial charge < -0.3 is 36.1 Å². The van der Waals surface area contributed by atoms with E-state index in [0.717, 1.165) is 110 Å². The number of aromatic amines is 2. The van der Waals surface area contributed by atoms with Gasteiger partial charge in [-0.1, -0.05) is 121 Å². The van der Waals surface area contributed by atoms with Crippen LogP contribution in [0.1, 0.15) is 0 Å². The van der Waals surface area contributed by atoms with E-state index in [1.54, 1.807) is 0 Å². The molecule has 368 valence electrons. The predicted molar refractivity (Wildman–Crippen MR) is 311 cm³/mol. The third-order valence-electron chi connectivity index (χ3n) is 12.2. The van der Waals surface area contributed by atoms with E-state index in [1.165, 1.54) is 53.4 Å². The number of aromatic nitrogens is 8. The first-order valence-corrected chi connectivity index (χ1v) is 23.6. The summed E-state index contributed by atoms with van der Waals surface area (Å²) in [5.74, 6) is 1.73. The minimum Gasteiger partial charge on any atom is -0.753 e. The summed E-state index contributed by atoms with van der Waals surface area (Å²) in [7, 11) is 3.00. The van der Waals surface area contributed by atoms with E-state index in [2.05, 4.69) is 188 Å². The van der Waals surface area contributed by atoms with Crippen LogP contribution in [-0.4, -0.2) is 86.8 Å². The molecule has 0 bridgehead atoms. The molecule has 0 fully saturated rings.